The molecule has 0 heterocycles. The van der Waals surface area contributed by atoms with Crippen molar-refractivity contribution < 1.29 is 14.6 Å². The molecule has 92 valence electrons. The van der Waals surface area contributed by atoms with Gasteiger partial charge in [-0.25, -0.2) is 4.79 Å². The van der Waals surface area contributed by atoms with Crippen LogP contribution >= 0.6 is 15.9 Å². The van der Waals surface area contributed by atoms with Crippen LogP contribution in [-0.4, -0.2) is 11.1 Å². The first-order valence-electron chi connectivity index (χ1n) is 5.34. The second kappa shape index (κ2) is 5.23. The molecular weight excluding hydrogens is 296 g/mol. The molecule has 0 spiro atoms. The van der Waals surface area contributed by atoms with Crippen LogP contribution in [-0.2, 0) is 0 Å². The number of carboxylic acid groups (broad SMARTS) is 1. The minimum absolute atomic E-state index is 0.123. The van der Waals surface area contributed by atoms with Crippen LogP contribution in [0.3, 0.4) is 0 Å². The standard InChI is InChI=1S/C14H11BrO3/c1-9-5-7-10(8-6-9)18-12-4-2-3-11(15)13(12)14(16)17/h2-8H,1H3,(H,16,17). The Labute approximate surface area is 113 Å². The second-order valence-electron chi connectivity index (χ2n) is 3.83. The van der Waals surface area contributed by atoms with Crippen LogP contribution < -0.4 is 4.74 Å². The first-order chi connectivity index (χ1) is 8.58. The number of hydrogen-bond donors (Lipinski definition) is 1. The van der Waals surface area contributed by atoms with E-state index in [2.05, 4.69) is 15.9 Å². The summed E-state index contributed by atoms with van der Waals surface area (Å²) >= 11 is 3.21. The molecule has 3 nitrogen and oxygen atoms in total. The van der Waals surface area contributed by atoms with Crippen molar-refractivity contribution in [1.82, 2.24) is 0 Å². The number of aryl methyl sites for hydroxylation is 1. The Morgan fingerprint density at radius 1 is 1.17 bits per heavy atom. The molecular formula is C14H11BrO3. The van der Waals surface area contributed by atoms with Gasteiger partial charge in [-0.2, -0.15) is 0 Å². The minimum atomic E-state index is -1.02. The second-order valence-corrected chi connectivity index (χ2v) is 4.69. The maximum Gasteiger partial charge on any atom is 0.340 e. The summed E-state index contributed by atoms with van der Waals surface area (Å²) in [4.78, 5) is 11.2. The van der Waals surface area contributed by atoms with Crippen molar-refractivity contribution in [2.75, 3.05) is 0 Å². The van der Waals surface area contributed by atoms with Crippen LogP contribution in [0.2, 0.25) is 0 Å². The van der Waals surface area contributed by atoms with Crippen molar-refractivity contribution in [1.29, 1.82) is 0 Å². The third-order valence-corrected chi connectivity index (χ3v) is 3.10. The third kappa shape index (κ3) is 2.71. The normalized spacial score (nSPS) is 10.1. The monoisotopic (exact) mass is 306 g/mol. The number of carboxylic acids is 1. The summed E-state index contributed by atoms with van der Waals surface area (Å²) in [5, 5.41) is 9.16. The topological polar surface area (TPSA) is 46.5 Å². The molecule has 4 heteroatoms. The molecule has 1 N–H and O–H groups in total. The molecule has 0 radical (unpaired) electrons. The fraction of sp³-hybridized carbons (Fsp3) is 0.0714. The molecule has 0 aromatic heterocycles. The molecule has 0 aliphatic carbocycles. The number of benzene rings is 2. The lowest BCUT2D eigenvalue weighted by molar-refractivity contribution is 0.0693. The molecule has 2 rings (SSSR count). The van der Waals surface area contributed by atoms with E-state index >= 15 is 0 Å². The first kappa shape index (κ1) is 12.6. The Morgan fingerprint density at radius 3 is 2.44 bits per heavy atom. The highest BCUT2D eigenvalue weighted by Gasteiger charge is 2.15. The average Bonchev–Trinajstić information content (AvgIpc) is 2.32. The van der Waals surface area contributed by atoms with Gasteiger partial charge in [-0.15, -0.1) is 0 Å². The van der Waals surface area contributed by atoms with Crippen molar-refractivity contribution in [3.63, 3.8) is 0 Å². The molecule has 2 aromatic rings. The Bertz CT molecular complexity index is 576. The summed E-state index contributed by atoms with van der Waals surface area (Å²) in [5.74, 6) is -0.0912. The summed E-state index contributed by atoms with van der Waals surface area (Å²) in [6, 6.07) is 12.5. The maximum absolute atomic E-state index is 11.2. The SMILES string of the molecule is Cc1ccc(Oc2cccc(Br)c2C(=O)O)cc1. The Morgan fingerprint density at radius 2 is 1.83 bits per heavy atom. The van der Waals surface area contributed by atoms with Crippen molar-refractivity contribution in [2.45, 2.75) is 6.92 Å². The van der Waals surface area contributed by atoms with Crippen molar-refractivity contribution in [3.05, 3.63) is 58.1 Å². The first-order valence-corrected chi connectivity index (χ1v) is 6.13. The van der Waals surface area contributed by atoms with Crippen LogP contribution in [0.25, 0.3) is 0 Å². The highest BCUT2D eigenvalue weighted by Crippen LogP contribution is 2.30. The molecule has 0 saturated carbocycles. The zero-order valence-corrected chi connectivity index (χ0v) is 11.3. The van der Waals surface area contributed by atoms with E-state index in [-0.39, 0.29) is 5.56 Å². The summed E-state index contributed by atoms with van der Waals surface area (Å²) in [7, 11) is 0. The average molecular weight is 307 g/mol. The van der Waals surface area contributed by atoms with Gasteiger partial charge < -0.3 is 9.84 Å². The van der Waals surface area contributed by atoms with E-state index in [1.165, 1.54) is 0 Å². The predicted octanol–water partition coefficient (Wildman–Crippen LogP) is 4.25. The molecule has 0 amide bonds. The van der Waals surface area contributed by atoms with Gasteiger partial charge in [0.2, 0.25) is 0 Å². The van der Waals surface area contributed by atoms with Gasteiger partial charge in [0.1, 0.15) is 17.1 Å². The van der Waals surface area contributed by atoms with Gasteiger partial charge in [0.05, 0.1) is 0 Å². The summed E-state index contributed by atoms with van der Waals surface area (Å²) in [6.07, 6.45) is 0. The molecule has 2 aromatic carbocycles. The van der Waals surface area contributed by atoms with E-state index in [0.717, 1.165) is 5.56 Å². The highest BCUT2D eigenvalue weighted by molar-refractivity contribution is 9.10. The van der Waals surface area contributed by atoms with E-state index in [1.54, 1.807) is 18.2 Å². The highest BCUT2D eigenvalue weighted by atomic mass is 79.9. The third-order valence-electron chi connectivity index (χ3n) is 2.44. The van der Waals surface area contributed by atoms with Crippen molar-refractivity contribution >= 4 is 21.9 Å². The van der Waals surface area contributed by atoms with E-state index in [4.69, 9.17) is 9.84 Å². The lowest BCUT2D eigenvalue weighted by Crippen LogP contribution is -2.01. The molecule has 0 unspecified atom stereocenters. The number of carbonyl (C=O) groups is 1. The minimum Gasteiger partial charge on any atom is -0.478 e. The maximum atomic E-state index is 11.2. The quantitative estimate of drug-likeness (QED) is 0.922. The Hall–Kier alpha value is -1.81. The summed E-state index contributed by atoms with van der Waals surface area (Å²) in [5.41, 5.74) is 1.24. The molecule has 0 aliphatic heterocycles. The van der Waals surface area contributed by atoms with Crippen LogP contribution in [0.5, 0.6) is 11.5 Å². The van der Waals surface area contributed by atoms with Crippen LogP contribution in [0, 0.1) is 6.92 Å². The number of hydrogen-bond acceptors (Lipinski definition) is 2. The van der Waals surface area contributed by atoms with Crippen LogP contribution in [0.4, 0.5) is 0 Å². The van der Waals surface area contributed by atoms with Gasteiger partial charge in [0.25, 0.3) is 0 Å². The summed E-state index contributed by atoms with van der Waals surface area (Å²) < 4.78 is 6.10. The predicted molar refractivity (Wildman–Crippen MR) is 72.4 cm³/mol. The number of halogens is 1. The van der Waals surface area contributed by atoms with Crippen LogP contribution in [0.1, 0.15) is 15.9 Å². The van der Waals surface area contributed by atoms with Crippen LogP contribution in [0.15, 0.2) is 46.9 Å². The van der Waals surface area contributed by atoms with Gasteiger partial charge >= 0.3 is 5.97 Å². The number of aromatic carboxylic acids is 1. The van der Waals surface area contributed by atoms with Gasteiger partial charge in [-0.1, -0.05) is 23.8 Å². The summed E-state index contributed by atoms with van der Waals surface area (Å²) in [6.45, 7) is 1.98. The van der Waals surface area contributed by atoms with Gasteiger partial charge in [-0.05, 0) is 47.1 Å². The molecule has 18 heavy (non-hydrogen) atoms. The fourth-order valence-electron chi connectivity index (χ4n) is 1.53. The van der Waals surface area contributed by atoms with E-state index in [1.807, 2.05) is 31.2 Å². The fourth-order valence-corrected chi connectivity index (χ4v) is 2.05. The lowest BCUT2D eigenvalue weighted by atomic mass is 10.2. The van der Waals surface area contributed by atoms with E-state index in [0.29, 0.717) is 16.0 Å². The molecule has 0 fully saturated rings. The molecule has 0 bridgehead atoms. The van der Waals surface area contributed by atoms with Gasteiger partial charge in [0.15, 0.2) is 0 Å². The van der Waals surface area contributed by atoms with E-state index in [9.17, 15) is 4.79 Å². The zero-order valence-electron chi connectivity index (χ0n) is 9.68. The molecule has 0 saturated heterocycles. The van der Waals surface area contributed by atoms with Crippen molar-refractivity contribution in [2.24, 2.45) is 0 Å². The number of rotatable bonds is 3. The van der Waals surface area contributed by atoms with E-state index < -0.39 is 5.97 Å². The lowest BCUT2D eigenvalue weighted by Gasteiger charge is -2.10. The number of ether oxygens (including phenoxy) is 1. The van der Waals surface area contributed by atoms with Gasteiger partial charge in [0, 0.05) is 4.47 Å². The molecule has 0 atom stereocenters. The van der Waals surface area contributed by atoms with Crippen molar-refractivity contribution in [3.8, 4) is 11.5 Å². The zero-order chi connectivity index (χ0) is 13.1. The Balaban J connectivity index is 2.37. The molecule has 0 aliphatic rings. The smallest absolute Gasteiger partial charge is 0.340 e. The Kier molecular flexibility index (Phi) is 3.67. The largest absolute Gasteiger partial charge is 0.478 e. The van der Waals surface area contributed by atoms with Gasteiger partial charge in [-0.3, -0.25) is 0 Å².